The number of thioether (sulfide) groups is 1. The fourth-order valence-electron chi connectivity index (χ4n) is 1.60. The van der Waals surface area contributed by atoms with Gasteiger partial charge in [-0.2, -0.15) is 11.8 Å². The van der Waals surface area contributed by atoms with Crippen molar-refractivity contribution in [2.75, 3.05) is 23.1 Å². The molecule has 0 spiro atoms. The Balaban J connectivity index is 2.72. The molecule has 3 nitrogen and oxygen atoms in total. The highest BCUT2D eigenvalue weighted by Crippen LogP contribution is 2.19. The fourth-order valence-corrected chi connectivity index (χ4v) is 2.19. The topological polar surface area (TPSA) is 55.1 Å². The van der Waals surface area contributed by atoms with Crippen LogP contribution in [0.25, 0.3) is 0 Å². The number of ketones is 1. The molecule has 0 amide bonds. The first kappa shape index (κ1) is 13.9. The summed E-state index contributed by atoms with van der Waals surface area (Å²) in [6.07, 6.45) is 3.20. The third kappa shape index (κ3) is 4.30. The van der Waals surface area contributed by atoms with Crippen molar-refractivity contribution in [2.45, 2.75) is 26.3 Å². The third-order valence-electron chi connectivity index (χ3n) is 2.60. The first-order chi connectivity index (χ1) is 8.04. The number of nitrogens with two attached hydrogens (primary N) is 1. The molecule has 0 bridgehead atoms. The van der Waals surface area contributed by atoms with Gasteiger partial charge in [-0.1, -0.05) is 0 Å². The normalized spacial score (nSPS) is 12.2. The van der Waals surface area contributed by atoms with Crippen LogP contribution in [0.2, 0.25) is 0 Å². The summed E-state index contributed by atoms with van der Waals surface area (Å²) in [6, 6.07) is 5.91. The average Bonchev–Trinajstić information content (AvgIpc) is 2.28. The van der Waals surface area contributed by atoms with Crippen LogP contribution in [0, 0.1) is 0 Å². The minimum atomic E-state index is 0.00270. The van der Waals surface area contributed by atoms with Crippen LogP contribution in [0.3, 0.4) is 0 Å². The molecule has 17 heavy (non-hydrogen) atoms. The Labute approximate surface area is 107 Å². The Morgan fingerprint density at radius 2 is 2.24 bits per heavy atom. The van der Waals surface area contributed by atoms with Crippen molar-refractivity contribution in [1.82, 2.24) is 0 Å². The second kappa shape index (κ2) is 6.55. The van der Waals surface area contributed by atoms with Crippen LogP contribution < -0.4 is 11.1 Å². The second-order valence-corrected chi connectivity index (χ2v) is 5.17. The van der Waals surface area contributed by atoms with E-state index in [4.69, 9.17) is 5.73 Å². The highest BCUT2D eigenvalue weighted by atomic mass is 32.2. The predicted molar refractivity (Wildman–Crippen MR) is 76.9 cm³/mol. The lowest BCUT2D eigenvalue weighted by atomic mass is 10.1. The van der Waals surface area contributed by atoms with E-state index in [2.05, 4.69) is 18.5 Å². The summed E-state index contributed by atoms with van der Waals surface area (Å²) in [4.78, 5) is 11.4. The second-order valence-electron chi connectivity index (χ2n) is 4.19. The van der Waals surface area contributed by atoms with Gasteiger partial charge in [0, 0.05) is 23.0 Å². The number of carbonyl (C=O) groups is 1. The van der Waals surface area contributed by atoms with E-state index >= 15 is 0 Å². The zero-order valence-corrected chi connectivity index (χ0v) is 11.4. The summed E-state index contributed by atoms with van der Waals surface area (Å²) in [5.74, 6) is 1.13. The molecule has 0 saturated heterocycles. The van der Waals surface area contributed by atoms with E-state index < -0.39 is 0 Å². The smallest absolute Gasteiger partial charge is 0.161 e. The van der Waals surface area contributed by atoms with Crippen molar-refractivity contribution in [3.05, 3.63) is 23.8 Å². The first-order valence-electron chi connectivity index (χ1n) is 5.70. The summed E-state index contributed by atoms with van der Waals surface area (Å²) in [6.45, 7) is 3.67. The molecular formula is C13H20N2OS. The van der Waals surface area contributed by atoms with Crippen molar-refractivity contribution < 1.29 is 4.79 Å². The Kier molecular flexibility index (Phi) is 5.35. The predicted octanol–water partition coefficient (Wildman–Crippen LogP) is 3.02. The van der Waals surface area contributed by atoms with E-state index in [1.165, 1.54) is 6.92 Å². The van der Waals surface area contributed by atoms with Crippen molar-refractivity contribution in [3.8, 4) is 0 Å². The Hall–Kier alpha value is -1.16. The molecule has 1 unspecified atom stereocenters. The molecule has 4 heteroatoms. The van der Waals surface area contributed by atoms with Crippen LogP contribution in [0.15, 0.2) is 18.2 Å². The average molecular weight is 252 g/mol. The molecule has 3 N–H and O–H groups in total. The lowest BCUT2D eigenvalue weighted by Crippen LogP contribution is -2.16. The van der Waals surface area contributed by atoms with Gasteiger partial charge >= 0.3 is 0 Å². The van der Waals surface area contributed by atoms with E-state index in [9.17, 15) is 4.79 Å². The molecule has 0 aliphatic heterocycles. The van der Waals surface area contributed by atoms with Gasteiger partial charge in [0.1, 0.15) is 0 Å². The van der Waals surface area contributed by atoms with Crippen LogP contribution in [0.1, 0.15) is 30.6 Å². The van der Waals surface area contributed by atoms with Crippen molar-refractivity contribution in [1.29, 1.82) is 0 Å². The quantitative estimate of drug-likeness (QED) is 0.603. The lowest BCUT2D eigenvalue weighted by molar-refractivity contribution is 0.101. The highest BCUT2D eigenvalue weighted by molar-refractivity contribution is 7.98. The maximum absolute atomic E-state index is 11.4. The summed E-state index contributed by atoms with van der Waals surface area (Å²) in [7, 11) is 0. The highest BCUT2D eigenvalue weighted by Gasteiger charge is 2.07. The van der Waals surface area contributed by atoms with E-state index in [1.807, 2.05) is 23.9 Å². The minimum Gasteiger partial charge on any atom is -0.398 e. The molecule has 0 aliphatic carbocycles. The van der Waals surface area contributed by atoms with Crippen LogP contribution in [-0.4, -0.2) is 23.8 Å². The Morgan fingerprint density at radius 3 is 2.82 bits per heavy atom. The summed E-state index contributed by atoms with van der Waals surface area (Å²) < 4.78 is 0. The van der Waals surface area contributed by atoms with Crippen LogP contribution >= 0.6 is 11.8 Å². The monoisotopic (exact) mass is 252 g/mol. The third-order valence-corrected chi connectivity index (χ3v) is 3.24. The molecule has 0 heterocycles. The van der Waals surface area contributed by atoms with Gasteiger partial charge in [-0.25, -0.2) is 0 Å². The number of hydrogen-bond acceptors (Lipinski definition) is 4. The van der Waals surface area contributed by atoms with Crippen molar-refractivity contribution in [2.24, 2.45) is 0 Å². The van der Waals surface area contributed by atoms with Crippen LogP contribution in [0.4, 0.5) is 11.4 Å². The van der Waals surface area contributed by atoms with Gasteiger partial charge < -0.3 is 11.1 Å². The number of anilines is 2. The molecule has 0 fully saturated rings. The van der Waals surface area contributed by atoms with Gasteiger partial charge in [0.05, 0.1) is 0 Å². The van der Waals surface area contributed by atoms with Gasteiger partial charge in [-0.05, 0) is 50.5 Å². The molecule has 1 atom stereocenters. The molecule has 0 radical (unpaired) electrons. The van der Waals surface area contributed by atoms with Crippen molar-refractivity contribution in [3.63, 3.8) is 0 Å². The van der Waals surface area contributed by atoms with Gasteiger partial charge in [0.15, 0.2) is 5.78 Å². The molecule has 0 aliphatic rings. The standard InChI is InChI=1S/C13H20N2OS/c1-9(6-7-17-3)15-11-4-5-13(14)12(8-11)10(2)16/h4-5,8-9,15H,6-7,14H2,1-3H3. The van der Waals surface area contributed by atoms with Crippen molar-refractivity contribution >= 4 is 28.9 Å². The van der Waals surface area contributed by atoms with Gasteiger partial charge in [-0.3, -0.25) is 4.79 Å². The SMILES string of the molecule is CSCCC(C)Nc1ccc(N)c(C(C)=O)c1. The maximum atomic E-state index is 11.4. The number of rotatable bonds is 6. The number of hydrogen-bond donors (Lipinski definition) is 2. The number of carbonyl (C=O) groups excluding carboxylic acids is 1. The van der Waals surface area contributed by atoms with E-state index in [1.54, 1.807) is 6.07 Å². The molecule has 1 rings (SSSR count). The summed E-state index contributed by atoms with van der Waals surface area (Å²) >= 11 is 1.84. The zero-order valence-electron chi connectivity index (χ0n) is 10.6. The maximum Gasteiger partial charge on any atom is 0.161 e. The van der Waals surface area contributed by atoms with E-state index in [0.29, 0.717) is 17.3 Å². The van der Waals surface area contributed by atoms with E-state index in [-0.39, 0.29) is 5.78 Å². The minimum absolute atomic E-state index is 0.00270. The van der Waals surface area contributed by atoms with E-state index in [0.717, 1.165) is 17.9 Å². The molecule has 1 aromatic rings. The zero-order chi connectivity index (χ0) is 12.8. The van der Waals surface area contributed by atoms with Crippen LogP contribution in [-0.2, 0) is 0 Å². The van der Waals surface area contributed by atoms with Gasteiger partial charge in [-0.15, -0.1) is 0 Å². The molecule has 94 valence electrons. The molecular weight excluding hydrogens is 232 g/mol. The molecule has 0 saturated carbocycles. The number of benzene rings is 1. The number of nitrogens with one attached hydrogen (secondary N) is 1. The largest absolute Gasteiger partial charge is 0.398 e. The molecule has 0 aromatic heterocycles. The van der Waals surface area contributed by atoms with Crippen LogP contribution in [0.5, 0.6) is 0 Å². The number of nitrogen functional groups attached to an aromatic ring is 1. The first-order valence-corrected chi connectivity index (χ1v) is 7.10. The Bertz CT molecular complexity index is 393. The summed E-state index contributed by atoms with van der Waals surface area (Å²) in [5.41, 5.74) is 7.84. The van der Waals surface area contributed by atoms with Gasteiger partial charge in [0.2, 0.25) is 0 Å². The number of Topliss-reactive ketones (excluding diaryl/α,β-unsaturated/α-hetero) is 1. The fraction of sp³-hybridized carbons (Fsp3) is 0.462. The Morgan fingerprint density at radius 1 is 1.53 bits per heavy atom. The summed E-state index contributed by atoms with van der Waals surface area (Å²) in [5, 5.41) is 3.38. The lowest BCUT2D eigenvalue weighted by Gasteiger charge is -2.15. The van der Waals surface area contributed by atoms with Gasteiger partial charge in [0.25, 0.3) is 0 Å². The molecule has 1 aromatic carbocycles.